The molecule has 0 nitrogen and oxygen atoms in total. The van der Waals surface area contributed by atoms with E-state index in [-0.39, 0.29) is 5.56 Å². The van der Waals surface area contributed by atoms with Gasteiger partial charge in [0.1, 0.15) is 11.6 Å². The lowest BCUT2D eigenvalue weighted by Gasteiger charge is -2.32. The van der Waals surface area contributed by atoms with Crippen molar-refractivity contribution < 1.29 is 8.78 Å². The monoisotopic (exact) mass is 416 g/mol. The summed E-state index contributed by atoms with van der Waals surface area (Å²) in [7, 11) is 0. The second kappa shape index (κ2) is 7.01. The van der Waals surface area contributed by atoms with E-state index in [4.69, 9.17) is 0 Å². The van der Waals surface area contributed by atoms with Crippen molar-refractivity contribution in [2.45, 2.75) is 18.8 Å². The Morgan fingerprint density at radius 3 is 2.00 bits per heavy atom. The van der Waals surface area contributed by atoms with Crippen molar-refractivity contribution in [3.8, 4) is 0 Å². The maximum Gasteiger partial charge on any atom is 0.129 e. The standard InChI is InChI=1S/C17H16Br2F2/c1-12-5-2-3-6-14(12)17(10-18,11-19)9-13-15(20)7-4-8-16(13)21/h2-8H,9-11H2,1H3. The van der Waals surface area contributed by atoms with E-state index >= 15 is 0 Å². The molecule has 0 radical (unpaired) electrons. The van der Waals surface area contributed by atoms with Gasteiger partial charge in [-0.2, -0.15) is 0 Å². The maximum absolute atomic E-state index is 14.0. The number of rotatable bonds is 5. The molecule has 2 rings (SSSR count). The summed E-state index contributed by atoms with van der Waals surface area (Å²) in [5.41, 5.74) is 1.96. The van der Waals surface area contributed by atoms with Crippen molar-refractivity contribution in [2.24, 2.45) is 0 Å². The van der Waals surface area contributed by atoms with Crippen LogP contribution in [0.5, 0.6) is 0 Å². The minimum Gasteiger partial charge on any atom is -0.207 e. The maximum atomic E-state index is 14.0. The Morgan fingerprint density at radius 2 is 1.48 bits per heavy atom. The van der Waals surface area contributed by atoms with E-state index in [0.717, 1.165) is 11.1 Å². The summed E-state index contributed by atoms with van der Waals surface area (Å²) in [6.07, 6.45) is 0.298. The molecular weight excluding hydrogens is 402 g/mol. The van der Waals surface area contributed by atoms with Crippen LogP contribution >= 0.6 is 31.9 Å². The number of halogens is 4. The third kappa shape index (κ3) is 3.37. The predicted molar refractivity (Wildman–Crippen MR) is 90.5 cm³/mol. The summed E-state index contributed by atoms with van der Waals surface area (Å²) in [4.78, 5) is 0. The van der Waals surface area contributed by atoms with E-state index in [2.05, 4.69) is 31.9 Å². The van der Waals surface area contributed by atoms with Crippen molar-refractivity contribution in [2.75, 3.05) is 10.7 Å². The fourth-order valence-corrected chi connectivity index (χ4v) is 4.51. The van der Waals surface area contributed by atoms with Crippen molar-refractivity contribution in [3.05, 3.63) is 70.8 Å². The molecule has 2 aromatic rings. The average molecular weight is 418 g/mol. The number of hydrogen-bond acceptors (Lipinski definition) is 0. The lowest BCUT2D eigenvalue weighted by Crippen LogP contribution is -2.34. The van der Waals surface area contributed by atoms with E-state index < -0.39 is 17.0 Å². The molecule has 0 aliphatic carbocycles. The molecule has 0 unspecified atom stereocenters. The molecule has 112 valence electrons. The zero-order chi connectivity index (χ0) is 15.5. The summed E-state index contributed by atoms with van der Waals surface area (Å²) in [6.45, 7) is 2.02. The molecule has 0 aromatic heterocycles. The topological polar surface area (TPSA) is 0 Å². The fourth-order valence-electron chi connectivity index (χ4n) is 2.58. The summed E-state index contributed by atoms with van der Waals surface area (Å²) in [5.74, 6) is -0.982. The summed E-state index contributed by atoms with van der Waals surface area (Å²) in [6, 6.07) is 12.0. The van der Waals surface area contributed by atoms with E-state index in [1.165, 1.54) is 18.2 Å². The van der Waals surface area contributed by atoms with Crippen LogP contribution in [0.1, 0.15) is 16.7 Å². The molecule has 2 aromatic carbocycles. The average Bonchev–Trinajstić information content (AvgIpc) is 2.49. The van der Waals surface area contributed by atoms with Crippen LogP contribution in [-0.4, -0.2) is 10.7 Å². The zero-order valence-electron chi connectivity index (χ0n) is 11.7. The molecular formula is C17H16Br2F2. The van der Waals surface area contributed by atoms with Gasteiger partial charge in [-0.1, -0.05) is 62.2 Å². The molecule has 0 fully saturated rings. The molecule has 0 saturated carbocycles. The van der Waals surface area contributed by atoms with E-state index in [9.17, 15) is 8.78 Å². The number of hydrogen-bond donors (Lipinski definition) is 0. The largest absolute Gasteiger partial charge is 0.207 e. The molecule has 0 amide bonds. The van der Waals surface area contributed by atoms with Crippen LogP contribution < -0.4 is 0 Å². The summed E-state index contributed by atoms with van der Waals surface area (Å²) < 4.78 is 28.0. The van der Waals surface area contributed by atoms with Crippen LogP contribution in [0.25, 0.3) is 0 Å². The first-order chi connectivity index (χ1) is 10.0. The SMILES string of the molecule is Cc1ccccc1C(CBr)(CBr)Cc1c(F)cccc1F. The lowest BCUT2D eigenvalue weighted by molar-refractivity contribution is 0.489. The van der Waals surface area contributed by atoms with Gasteiger partial charge in [0, 0.05) is 21.6 Å². The lowest BCUT2D eigenvalue weighted by atomic mass is 9.77. The third-order valence-corrected chi connectivity index (χ3v) is 5.95. The van der Waals surface area contributed by atoms with Gasteiger partial charge in [0.15, 0.2) is 0 Å². The fraction of sp³-hybridized carbons (Fsp3) is 0.294. The molecule has 0 aliphatic heterocycles. The van der Waals surface area contributed by atoms with Gasteiger partial charge in [-0.25, -0.2) is 8.78 Å². The van der Waals surface area contributed by atoms with Gasteiger partial charge < -0.3 is 0 Å². The van der Waals surface area contributed by atoms with Crippen LogP contribution in [-0.2, 0) is 11.8 Å². The second-order valence-corrected chi connectivity index (χ2v) is 6.36. The Hall–Kier alpha value is -0.740. The van der Waals surface area contributed by atoms with Crippen molar-refractivity contribution in [1.82, 2.24) is 0 Å². The first-order valence-corrected chi connectivity index (χ1v) is 8.89. The number of aryl methyl sites for hydroxylation is 1. The van der Waals surface area contributed by atoms with Crippen LogP contribution in [0.15, 0.2) is 42.5 Å². The zero-order valence-corrected chi connectivity index (χ0v) is 14.8. The molecule has 0 bridgehead atoms. The minimum atomic E-state index is -0.491. The Balaban J connectivity index is 2.51. The van der Waals surface area contributed by atoms with Gasteiger partial charge in [-0.05, 0) is 36.6 Å². The number of alkyl halides is 2. The normalized spacial score (nSPS) is 11.7. The quantitative estimate of drug-likeness (QED) is 0.560. The summed E-state index contributed by atoms with van der Waals surface area (Å²) >= 11 is 7.07. The van der Waals surface area contributed by atoms with Gasteiger partial charge in [0.05, 0.1) is 0 Å². The molecule has 0 heterocycles. The molecule has 0 spiro atoms. The van der Waals surface area contributed by atoms with Crippen molar-refractivity contribution in [3.63, 3.8) is 0 Å². The van der Waals surface area contributed by atoms with Gasteiger partial charge in [0.2, 0.25) is 0 Å². The van der Waals surface area contributed by atoms with E-state index in [1.54, 1.807) is 0 Å². The van der Waals surface area contributed by atoms with Gasteiger partial charge in [-0.3, -0.25) is 0 Å². The minimum absolute atomic E-state index is 0.139. The predicted octanol–water partition coefficient (Wildman–Crippen LogP) is 5.54. The molecule has 21 heavy (non-hydrogen) atoms. The van der Waals surface area contributed by atoms with Gasteiger partial charge in [-0.15, -0.1) is 0 Å². The molecule has 0 atom stereocenters. The molecule has 4 heteroatoms. The highest BCUT2D eigenvalue weighted by Crippen LogP contribution is 2.36. The van der Waals surface area contributed by atoms with Crippen LogP contribution in [0.3, 0.4) is 0 Å². The third-order valence-electron chi connectivity index (χ3n) is 3.80. The highest BCUT2D eigenvalue weighted by atomic mass is 79.9. The van der Waals surface area contributed by atoms with Gasteiger partial charge in [0.25, 0.3) is 0 Å². The Bertz CT molecular complexity index is 602. The van der Waals surface area contributed by atoms with E-state index in [1.807, 2.05) is 31.2 Å². The molecule has 0 saturated heterocycles. The van der Waals surface area contributed by atoms with Crippen molar-refractivity contribution in [1.29, 1.82) is 0 Å². The Labute approximate surface area is 140 Å². The first-order valence-electron chi connectivity index (χ1n) is 6.65. The van der Waals surface area contributed by atoms with Crippen molar-refractivity contribution >= 4 is 31.9 Å². The van der Waals surface area contributed by atoms with Gasteiger partial charge >= 0.3 is 0 Å². The highest BCUT2D eigenvalue weighted by Gasteiger charge is 2.33. The van der Waals surface area contributed by atoms with Crippen LogP contribution in [0.2, 0.25) is 0 Å². The molecule has 0 aliphatic rings. The second-order valence-electron chi connectivity index (χ2n) is 5.24. The smallest absolute Gasteiger partial charge is 0.129 e. The number of benzene rings is 2. The Kier molecular flexibility index (Phi) is 5.55. The Morgan fingerprint density at radius 1 is 0.905 bits per heavy atom. The van der Waals surface area contributed by atoms with Crippen LogP contribution in [0, 0.1) is 18.6 Å². The summed E-state index contributed by atoms with van der Waals surface area (Å²) in [5, 5.41) is 1.23. The highest BCUT2D eigenvalue weighted by molar-refractivity contribution is 9.09. The first kappa shape index (κ1) is 16.6. The molecule has 0 N–H and O–H groups in total. The van der Waals surface area contributed by atoms with Crippen LogP contribution in [0.4, 0.5) is 8.78 Å². The van der Waals surface area contributed by atoms with E-state index in [0.29, 0.717) is 17.1 Å².